The zero-order valence-corrected chi connectivity index (χ0v) is 37.5. The Kier molecular flexibility index (Phi) is 42.3. The van der Waals surface area contributed by atoms with Crippen molar-refractivity contribution in [3.63, 3.8) is 0 Å². The first-order valence-electron chi connectivity index (χ1n) is 23.6. The van der Waals surface area contributed by atoms with Crippen molar-refractivity contribution in [3.8, 4) is 0 Å². The summed E-state index contributed by atoms with van der Waals surface area (Å²) in [6.07, 6.45) is 52.1. The number of nitrogens with two attached hydrogens (primary N) is 1. The van der Waals surface area contributed by atoms with Crippen molar-refractivity contribution < 1.29 is 28.4 Å². The van der Waals surface area contributed by atoms with Gasteiger partial charge in [-0.3, -0.25) is 13.8 Å². The quantitative estimate of drug-likeness (QED) is 0.0274. The lowest BCUT2D eigenvalue weighted by Crippen LogP contribution is -2.45. The Morgan fingerprint density at radius 2 is 0.946 bits per heavy atom. The largest absolute Gasteiger partial charge is 0.472 e. The number of hydrogen-bond acceptors (Lipinski definition) is 6. The Morgan fingerprint density at radius 1 is 0.571 bits per heavy atom. The van der Waals surface area contributed by atoms with Gasteiger partial charge < -0.3 is 21.1 Å². The second-order valence-electron chi connectivity index (χ2n) is 16.0. The molecule has 0 aliphatic heterocycles. The van der Waals surface area contributed by atoms with Crippen molar-refractivity contribution in [2.24, 2.45) is 5.73 Å². The zero-order chi connectivity index (χ0) is 41.1. The number of carbonyl (C=O) groups excluding carboxylic acids is 1. The number of unbranched alkanes of at least 4 members (excludes halogenated alkanes) is 28. The van der Waals surface area contributed by atoms with Crippen LogP contribution in [0, 0.1) is 0 Å². The van der Waals surface area contributed by atoms with Gasteiger partial charge in [-0.2, -0.15) is 0 Å². The van der Waals surface area contributed by atoms with Crippen molar-refractivity contribution in [2.75, 3.05) is 19.8 Å². The molecular weight excluding hydrogens is 719 g/mol. The molecule has 0 aliphatic rings. The molecule has 0 aromatic heterocycles. The summed E-state index contributed by atoms with van der Waals surface area (Å²) in [5, 5.41) is 13.7. The topological polar surface area (TPSA) is 131 Å². The van der Waals surface area contributed by atoms with Crippen LogP contribution >= 0.6 is 7.82 Å². The Bertz CT molecular complexity index is 974. The Morgan fingerprint density at radius 3 is 1.38 bits per heavy atom. The number of phosphoric ester groups is 1. The minimum atomic E-state index is -4.35. The summed E-state index contributed by atoms with van der Waals surface area (Å²) in [7, 11) is -4.35. The Hall–Kier alpha value is -1.28. The molecule has 0 saturated carbocycles. The van der Waals surface area contributed by atoms with Gasteiger partial charge in [0.05, 0.1) is 25.4 Å². The van der Waals surface area contributed by atoms with Crippen molar-refractivity contribution in [1.82, 2.24) is 5.32 Å². The van der Waals surface area contributed by atoms with E-state index >= 15 is 0 Å². The molecule has 0 rings (SSSR count). The molecule has 0 spiro atoms. The molecule has 330 valence electrons. The van der Waals surface area contributed by atoms with Crippen LogP contribution in [0.3, 0.4) is 0 Å². The molecule has 3 atom stereocenters. The van der Waals surface area contributed by atoms with Crippen LogP contribution in [0.1, 0.15) is 226 Å². The van der Waals surface area contributed by atoms with E-state index in [9.17, 15) is 19.4 Å². The molecule has 1 amide bonds. The second kappa shape index (κ2) is 43.3. The maximum atomic E-state index is 12.8. The summed E-state index contributed by atoms with van der Waals surface area (Å²) < 4.78 is 22.1. The standard InChI is InChI=1S/C47H91N2O6P/c1-3-5-7-9-11-13-15-17-19-20-21-22-23-24-25-27-29-31-33-35-37-39-41-47(51)49-45(44-55-56(52,53)54-43-42-48)46(50)40-38-36-34-32-30-28-26-18-16-14-12-10-8-6-4-2/h16,18,30,32,38,40,45-46,50H,3-15,17,19-29,31,33-37,39,41-44,48H2,1-2H3,(H,49,51)(H,52,53)/b18-16+,32-30+,40-38+. The number of phosphoric acid groups is 1. The minimum absolute atomic E-state index is 0.0727. The lowest BCUT2D eigenvalue weighted by Gasteiger charge is -2.23. The van der Waals surface area contributed by atoms with Crippen molar-refractivity contribution in [3.05, 3.63) is 36.5 Å². The fourth-order valence-electron chi connectivity index (χ4n) is 6.87. The first-order valence-corrected chi connectivity index (χ1v) is 25.1. The van der Waals surface area contributed by atoms with Gasteiger partial charge >= 0.3 is 7.82 Å². The van der Waals surface area contributed by atoms with Gasteiger partial charge in [0.15, 0.2) is 0 Å². The summed E-state index contributed by atoms with van der Waals surface area (Å²) in [5.41, 5.74) is 5.38. The smallest absolute Gasteiger partial charge is 0.387 e. The highest BCUT2D eigenvalue weighted by Crippen LogP contribution is 2.43. The van der Waals surface area contributed by atoms with Gasteiger partial charge in [-0.15, -0.1) is 0 Å². The normalized spacial score (nSPS) is 14.3. The first-order chi connectivity index (χ1) is 27.4. The van der Waals surface area contributed by atoms with Crippen molar-refractivity contribution in [2.45, 2.75) is 238 Å². The van der Waals surface area contributed by atoms with E-state index in [1.54, 1.807) is 6.08 Å². The molecule has 5 N–H and O–H groups in total. The second-order valence-corrected chi connectivity index (χ2v) is 17.4. The average molecular weight is 811 g/mol. The number of aliphatic hydroxyl groups is 1. The molecule has 0 radical (unpaired) electrons. The van der Waals surface area contributed by atoms with E-state index in [0.29, 0.717) is 6.42 Å². The maximum absolute atomic E-state index is 12.8. The highest BCUT2D eigenvalue weighted by Gasteiger charge is 2.26. The fourth-order valence-corrected chi connectivity index (χ4v) is 7.63. The van der Waals surface area contributed by atoms with E-state index in [-0.39, 0.29) is 25.7 Å². The third-order valence-corrected chi connectivity index (χ3v) is 11.4. The van der Waals surface area contributed by atoms with Gasteiger partial charge in [0.1, 0.15) is 0 Å². The van der Waals surface area contributed by atoms with Gasteiger partial charge in [-0.05, 0) is 44.9 Å². The number of hydrogen-bond donors (Lipinski definition) is 4. The number of amides is 1. The molecule has 56 heavy (non-hydrogen) atoms. The van der Waals surface area contributed by atoms with Gasteiger partial charge in [0.25, 0.3) is 0 Å². The molecule has 0 aromatic rings. The third kappa shape index (κ3) is 40.9. The predicted molar refractivity (Wildman–Crippen MR) is 240 cm³/mol. The van der Waals surface area contributed by atoms with Gasteiger partial charge in [-0.1, -0.05) is 211 Å². The van der Waals surface area contributed by atoms with Gasteiger partial charge in [-0.25, -0.2) is 4.57 Å². The van der Waals surface area contributed by atoms with Crippen molar-refractivity contribution in [1.29, 1.82) is 0 Å². The van der Waals surface area contributed by atoms with Crippen LogP contribution in [0.25, 0.3) is 0 Å². The molecule has 3 unspecified atom stereocenters. The number of nitrogens with one attached hydrogen (secondary N) is 1. The van der Waals surface area contributed by atoms with E-state index in [2.05, 4.69) is 43.5 Å². The highest BCUT2D eigenvalue weighted by atomic mass is 31.2. The predicted octanol–water partition coefficient (Wildman–Crippen LogP) is 13.5. The third-order valence-electron chi connectivity index (χ3n) is 10.4. The molecule has 0 aliphatic carbocycles. The highest BCUT2D eigenvalue weighted by molar-refractivity contribution is 7.47. The van der Waals surface area contributed by atoms with Crippen LogP contribution < -0.4 is 11.1 Å². The van der Waals surface area contributed by atoms with E-state index in [0.717, 1.165) is 44.9 Å². The molecular formula is C47H91N2O6P. The molecule has 9 heteroatoms. The van der Waals surface area contributed by atoms with E-state index in [4.69, 9.17) is 14.8 Å². The fraction of sp³-hybridized carbons (Fsp3) is 0.851. The summed E-state index contributed by atoms with van der Waals surface area (Å²) >= 11 is 0. The van der Waals surface area contributed by atoms with E-state index < -0.39 is 20.0 Å². The summed E-state index contributed by atoms with van der Waals surface area (Å²) in [4.78, 5) is 22.7. The zero-order valence-electron chi connectivity index (χ0n) is 36.6. The van der Waals surface area contributed by atoms with Crippen molar-refractivity contribution >= 4 is 13.7 Å². The van der Waals surface area contributed by atoms with Crippen LogP contribution in [0.4, 0.5) is 0 Å². The Labute approximate surface area is 346 Å². The molecule has 8 nitrogen and oxygen atoms in total. The number of aliphatic hydroxyl groups excluding tert-OH is 1. The number of allylic oxidation sites excluding steroid dienone is 5. The summed E-state index contributed by atoms with van der Waals surface area (Å²) in [6.45, 7) is 4.11. The SMILES string of the molecule is CCCCCCC/C=C/CC/C=C/CC/C=C/C(O)C(COP(=O)(O)OCCN)NC(=O)CCCCCCCCCCCCCCCCCCCCCCCC. The number of rotatable bonds is 44. The van der Waals surface area contributed by atoms with Crippen LogP contribution in [0.15, 0.2) is 36.5 Å². The summed E-state index contributed by atoms with van der Waals surface area (Å²) in [5.74, 6) is -0.205. The molecule has 0 bridgehead atoms. The molecule has 0 saturated heterocycles. The Balaban J connectivity index is 4.14. The maximum Gasteiger partial charge on any atom is 0.472 e. The van der Waals surface area contributed by atoms with Gasteiger partial charge in [0, 0.05) is 13.0 Å². The van der Waals surface area contributed by atoms with Crippen LogP contribution in [-0.2, 0) is 18.4 Å². The average Bonchev–Trinajstić information content (AvgIpc) is 3.19. The summed E-state index contributed by atoms with van der Waals surface area (Å²) in [6, 6.07) is -0.880. The monoisotopic (exact) mass is 811 g/mol. The van der Waals surface area contributed by atoms with Crippen LogP contribution in [-0.4, -0.2) is 47.8 Å². The minimum Gasteiger partial charge on any atom is -0.387 e. The molecule has 0 heterocycles. The lowest BCUT2D eigenvalue weighted by molar-refractivity contribution is -0.123. The van der Waals surface area contributed by atoms with E-state index in [1.807, 2.05) is 6.08 Å². The molecule has 0 aromatic carbocycles. The van der Waals surface area contributed by atoms with Crippen LogP contribution in [0.5, 0.6) is 0 Å². The van der Waals surface area contributed by atoms with Gasteiger partial charge in [0.2, 0.25) is 5.91 Å². The van der Waals surface area contributed by atoms with E-state index in [1.165, 1.54) is 161 Å². The first kappa shape index (κ1) is 54.7. The lowest BCUT2D eigenvalue weighted by atomic mass is 10.0. The molecule has 0 fully saturated rings. The number of carbonyl (C=O) groups is 1. The van der Waals surface area contributed by atoms with Crippen LogP contribution in [0.2, 0.25) is 0 Å².